The summed E-state index contributed by atoms with van der Waals surface area (Å²) in [5.41, 5.74) is 2.32. The largest absolute Gasteiger partial charge is 0.367 e. The molecule has 1 aliphatic rings. The van der Waals surface area contributed by atoms with E-state index in [4.69, 9.17) is 4.52 Å². The number of benzene rings is 1. The van der Waals surface area contributed by atoms with Crippen molar-refractivity contribution in [2.45, 2.75) is 26.2 Å². The summed E-state index contributed by atoms with van der Waals surface area (Å²) in [5, 5.41) is 6.96. The van der Waals surface area contributed by atoms with Crippen LogP contribution in [0.2, 0.25) is 0 Å². The van der Waals surface area contributed by atoms with Gasteiger partial charge in [-0.1, -0.05) is 23.4 Å². The minimum absolute atomic E-state index is 0.148. The van der Waals surface area contributed by atoms with Gasteiger partial charge in [0.1, 0.15) is 5.76 Å². The van der Waals surface area contributed by atoms with Crippen LogP contribution in [0.4, 0.5) is 11.5 Å². The van der Waals surface area contributed by atoms with Crippen molar-refractivity contribution in [1.29, 1.82) is 0 Å². The number of para-hydroxylation sites is 1. The van der Waals surface area contributed by atoms with Gasteiger partial charge in [-0.05, 0) is 31.4 Å². The van der Waals surface area contributed by atoms with Gasteiger partial charge in [-0.15, -0.1) is 0 Å². The van der Waals surface area contributed by atoms with E-state index in [-0.39, 0.29) is 5.91 Å². The molecule has 1 aromatic carbocycles. The maximum absolute atomic E-state index is 12.4. The maximum Gasteiger partial charge on any atom is 0.228 e. The molecule has 2 heterocycles. The van der Waals surface area contributed by atoms with Gasteiger partial charge in [-0.2, -0.15) is 0 Å². The molecular weight excluding hydrogens is 266 g/mol. The van der Waals surface area contributed by atoms with Crippen molar-refractivity contribution in [3.63, 3.8) is 0 Å². The Morgan fingerprint density at radius 2 is 2.29 bits per heavy atom. The van der Waals surface area contributed by atoms with Gasteiger partial charge in [0.25, 0.3) is 0 Å². The normalized spacial score (nSPS) is 13.9. The van der Waals surface area contributed by atoms with E-state index in [0.29, 0.717) is 18.8 Å². The Labute approximate surface area is 123 Å². The Hall–Kier alpha value is -2.30. The SMILES string of the molecule is Cc1cc(NCCC(=O)N2CCCc3ccccc32)no1. The Bertz CT molecular complexity index is 636. The minimum Gasteiger partial charge on any atom is -0.367 e. The van der Waals surface area contributed by atoms with Crippen molar-refractivity contribution in [3.8, 4) is 0 Å². The van der Waals surface area contributed by atoms with E-state index in [2.05, 4.69) is 16.5 Å². The number of aromatic nitrogens is 1. The molecule has 110 valence electrons. The van der Waals surface area contributed by atoms with Gasteiger partial charge in [-0.3, -0.25) is 4.79 Å². The zero-order valence-corrected chi connectivity index (χ0v) is 12.1. The van der Waals surface area contributed by atoms with Crippen LogP contribution in [-0.2, 0) is 11.2 Å². The number of amides is 1. The van der Waals surface area contributed by atoms with Crippen LogP contribution < -0.4 is 10.2 Å². The number of carbonyl (C=O) groups is 1. The van der Waals surface area contributed by atoms with E-state index < -0.39 is 0 Å². The van der Waals surface area contributed by atoms with Crippen LogP contribution in [0.15, 0.2) is 34.9 Å². The van der Waals surface area contributed by atoms with Crippen LogP contribution in [0.5, 0.6) is 0 Å². The van der Waals surface area contributed by atoms with Crippen LogP contribution in [0.3, 0.4) is 0 Å². The van der Waals surface area contributed by atoms with Crippen LogP contribution in [0, 0.1) is 6.92 Å². The molecular formula is C16H19N3O2. The van der Waals surface area contributed by atoms with E-state index >= 15 is 0 Å². The number of hydrogen-bond donors (Lipinski definition) is 1. The third kappa shape index (κ3) is 3.07. The Kier molecular flexibility index (Phi) is 3.90. The van der Waals surface area contributed by atoms with Gasteiger partial charge in [0.2, 0.25) is 5.91 Å². The highest BCUT2D eigenvalue weighted by Gasteiger charge is 2.21. The first-order chi connectivity index (χ1) is 10.2. The predicted octanol–water partition coefficient (Wildman–Crippen LogP) is 2.76. The molecule has 3 rings (SSSR count). The smallest absolute Gasteiger partial charge is 0.228 e. The molecule has 0 fully saturated rings. The van der Waals surface area contributed by atoms with E-state index in [9.17, 15) is 4.79 Å². The summed E-state index contributed by atoms with van der Waals surface area (Å²) in [6, 6.07) is 9.97. The molecule has 0 atom stereocenters. The van der Waals surface area contributed by atoms with Crippen molar-refractivity contribution in [3.05, 3.63) is 41.7 Å². The zero-order valence-electron chi connectivity index (χ0n) is 12.1. The number of rotatable bonds is 4. The first-order valence-electron chi connectivity index (χ1n) is 7.29. The number of nitrogens with zero attached hydrogens (tertiary/aromatic N) is 2. The number of hydrogen-bond acceptors (Lipinski definition) is 4. The molecule has 2 aromatic rings. The van der Waals surface area contributed by atoms with Gasteiger partial charge < -0.3 is 14.7 Å². The fraction of sp³-hybridized carbons (Fsp3) is 0.375. The monoisotopic (exact) mass is 285 g/mol. The lowest BCUT2D eigenvalue weighted by Gasteiger charge is -2.29. The van der Waals surface area contributed by atoms with E-state index in [1.54, 1.807) is 0 Å². The second-order valence-corrected chi connectivity index (χ2v) is 5.28. The topological polar surface area (TPSA) is 58.4 Å². The summed E-state index contributed by atoms with van der Waals surface area (Å²) in [4.78, 5) is 14.3. The molecule has 1 aliphatic heterocycles. The van der Waals surface area contributed by atoms with Gasteiger partial charge in [0.15, 0.2) is 5.82 Å². The van der Waals surface area contributed by atoms with Crippen molar-refractivity contribution in [2.75, 3.05) is 23.3 Å². The average molecular weight is 285 g/mol. The Morgan fingerprint density at radius 1 is 1.43 bits per heavy atom. The third-order valence-corrected chi connectivity index (χ3v) is 3.68. The highest BCUT2D eigenvalue weighted by molar-refractivity contribution is 5.94. The van der Waals surface area contributed by atoms with Crippen LogP contribution in [0.25, 0.3) is 0 Å². The summed E-state index contributed by atoms with van der Waals surface area (Å²) in [7, 11) is 0. The van der Waals surface area contributed by atoms with E-state index in [0.717, 1.165) is 30.8 Å². The number of nitrogens with one attached hydrogen (secondary N) is 1. The number of carbonyl (C=O) groups excluding carboxylic acids is 1. The van der Waals surface area contributed by atoms with Gasteiger partial charge in [0.05, 0.1) is 0 Å². The standard InChI is InChI=1S/C16H19N3O2/c1-12-11-15(18-21-12)17-9-8-16(20)19-10-4-6-13-5-2-3-7-14(13)19/h2-3,5,7,11H,4,6,8-10H2,1H3,(H,17,18). The average Bonchev–Trinajstić information content (AvgIpc) is 2.92. The van der Waals surface area contributed by atoms with Crippen molar-refractivity contribution >= 4 is 17.4 Å². The lowest BCUT2D eigenvalue weighted by atomic mass is 10.0. The number of fused-ring (bicyclic) bond motifs is 1. The second-order valence-electron chi connectivity index (χ2n) is 5.28. The molecule has 5 nitrogen and oxygen atoms in total. The van der Waals surface area contributed by atoms with Gasteiger partial charge >= 0.3 is 0 Å². The number of anilines is 2. The molecule has 0 saturated heterocycles. The molecule has 0 bridgehead atoms. The molecule has 0 unspecified atom stereocenters. The quantitative estimate of drug-likeness (QED) is 0.938. The second kappa shape index (κ2) is 5.99. The molecule has 0 spiro atoms. The zero-order chi connectivity index (χ0) is 14.7. The molecule has 21 heavy (non-hydrogen) atoms. The first-order valence-corrected chi connectivity index (χ1v) is 7.29. The molecule has 0 radical (unpaired) electrons. The minimum atomic E-state index is 0.148. The molecule has 1 aromatic heterocycles. The summed E-state index contributed by atoms with van der Waals surface area (Å²) < 4.78 is 4.98. The Morgan fingerprint density at radius 3 is 3.10 bits per heavy atom. The fourth-order valence-electron chi connectivity index (χ4n) is 2.67. The summed E-state index contributed by atoms with van der Waals surface area (Å²) >= 11 is 0. The molecule has 5 heteroatoms. The maximum atomic E-state index is 12.4. The predicted molar refractivity (Wildman–Crippen MR) is 81.5 cm³/mol. The lowest BCUT2D eigenvalue weighted by molar-refractivity contribution is -0.118. The first kappa shape index (κ1) is 13.7. The van der Waals surface area contributed by atoms with Gasteiger partial charge in [-0.25, -0.2) is 0 Å². The summed E-state index contributed by atoms with van der Waals surface area (Å²) in [6.45, 7) is 3.20. The third-order valence-electron chi connectivity index (χ3n) is 3.68. The lowest BCUT2D eigenvalue weighted by Crippen LogP contribution is -2.36. The highest BCUT2D eigenvalue weighted by Crippen LogP contribution is 2.27. The summed E-state index contributed by atoms with van der Waals surface area (Å²) in [6.07, 6.45) is 2.52. The molecule has 0 saturated carbocycles. The number of aryl methyl sites for hydroxylation is 2. The van der Waals surface area contributed by atoms with Crippen LogP contribution in [0.1, 0.15) is 24.2 Å². The van der Waals surface area contributed by atoms with E-state index in [1.807, 2.05) is 36.1 Å². The van der Waals surface area contributed by atoms with Gasteiger partial charge in [0, 0.05) is 31.3 Å². The van der Waals surface area contributed by atoms with Crippen LogP contribution >= 0.6 is 0 Å². The highest BCUT2D eigenvalue weighted by atomic mass is 16.5. The fourth-order valence-corrected chi connectivity index (χ4v) is 2.67. The molecule has 0 aliphatic carbocycles. The molecule has 1 amide bonds. The van der Waals surface area contributed by atoms with E-state index in [1.165, 1.54) is 5.56 Å². The Balaban J connectivity index is 1.59. The summed E-state index contributed by atoms with van der Waals surface area (Å²) in [5.74, 6) is 1.59. The van der Waals surface area contributed by atoms with Crippen LogP contribution in [-0.4, -0.2) is 24.2 Å². The van der Waals surface area contributed by atoms with Crippen molar-refractivity contribution < 1.29 is 9.32 Å². The van der Waals surface area contributed by atoms with Crippen molar-refractivity contribution in [1.82, 2.24) is 5.16 Å². The molecule has 1 N–H and O–H groups in total. The van der Waals surface area contributed by atoms with Crippen molar-refractivity contribution in [2.24, 2.45) is 0 Å².